The van der Waals surface area contributed by atoms with Crippen molar-refractivity contribution < 1.29 is 14.5 Å². The number of nitro groups is 1. The molecule has 0 radical (unpaired) electrons. The molecule has 0 fully saturated rings. The lowest BCUT2D eigenvalue weighted by molar-refractivity contribution is -0.384. The number of rotatable bonds is 8. The smallest absolute Gasteiger partial charge is 0.269 e. The topological polar surface area (TPSA) is 85.6 Å². The standard InChI is InChI=1S/C21H15BrCl3N3O4/c22-15-7-14(10-26-11-15)21(29)27(12-13-1-3-17(4-2-13)28(30)31)5-6-32-20-18(24)8-16(23)9-19(20)25/h1-4,7-11H,5-6,12H2. The normalized spacial score (nSPS) is 10.6. The van der Waals surface area contributed by atoms with Crippen LogP contribution in [-0.2, 0) is 6.54 Å². The Morgan fingerprint density at radius 1 is 1.09 bits per heavy atom. The minimum atomic E-state index is -0.479. The van der Waals surface area contributed by atoms with Crippen LogP contribution in [0.3, 0.4) is 0 Å². The van der Waals surface area contributed by atoms with Crippen LogP contribution in [0, 0.1) is 10.1 Å². The van der Waals surface area contributed by atoms with Crippen LogP contribution >= 0.6 is 50.7 Å². The van der Waals surface area contributed by atoms with Gasteiger partial charge in [0.25, 0.3) is 11.6 Å². The second-order valence-electron chi connectivity index (χ2n) is 6.59. The first-order chi connectivity index (χ1) is 15.2. The molecule has 32 heavy (non-hydrogen) atoms. The summed E-state index contributed by atoms with van der Waals surface area (Å²) in [6, 6.07) is 10.7. The Morgan fingerprint density at radius 2 is 1.75 bits per heavy atom. The van der Waals surface area contributed by atoms with E-state index in [-0.39, 0.29) is 47.1 Å². The lowest BCUT2D eigenvalue weighted by Gasteiger charge is -2.23. The molecule has 0 spiro atoms. The van der Waals surface area contributed by atoms with Crippen molar-refractivity contribution >= 4 is 62.3 Å². The van der Waals surface area contributed by atoms with Crippen molar-refractivity contribution in [2.24, 2.45) is 0 Å². The number of amides is 1. The minimum absolute atomic E-state index is 0.0295. The van der Waals surface area contributed by atoms with Crippen LogP contribution < -0.4 is 4.74 Å². The Labute approximate surface area is 207 Å². The SMILES string of the molecule is O=C(c1cncc(Br)c1)N(CCOc1c(Cl)cc(Cl)cc1Cl)Cc1ccc([N+](=O)[O-])cc1. The highest BCUT2D eigenvalue weighted by atomic mass is 79.9. The Bertz CT molecular complexity index is 1120. The summed E-state index contributed by atoms with van der Waals surface area (Å²) < 4.78 is 6.38. The summed E-state index contributed by atoms with van der Waals surface area (Å²) in [5.74, 6) is -0.0151. The van der Waals surface area contributed by atoms with Crippen LogP contribution in [0.15, 0.2) is 59.3 Å². The number of non-ortho nitro benzene ring substituents is 1. The molecule has 2 aromatic carbocycles. The molecule has 0 aliphatic carbocycles. The van der Waals surface area contributed by atoms with E-state index in [1.165, 1.54) is 30.5 Å². The van der Waals surface area contributed by atoms with Gasteiger partial charge in [0, 0.05) is 40.6 Å². The average molecular weight is 560 g/mol. The Hall–Kier alpha value is -2.39. The van der Waals surface area contributed by atoms with Crippen molar-refractivity contribution in [2.45, 2.75) is 6.54 Å². The van der Waals surface area contributed by atoms with Gasteiger partial charge >= 0.3 is 0 Å². The summed E-state index contributed by atoms with van der Waals surface area (Å²) in [5, 5.41) is 11.8. The zero-order chi connectivity index (χ0) is 23.3. The van der Waals surface area contributed by atoms with E-state index >= 15 is 0 Å². The van der Waals surface area contributed by atoms with Gasteiger partial charge in [-0.3, -0.25) is 19.9 Å². The van der Waals surface area contributed by atoms with Crippen LogP contribution in [0.1, 0.15) is 15.9 Å². The summed E-state index contributed by atoms with van der Waals surface area (Å²) >= 11 is 21.5. The highest BCUT2D eigenvalue weighted by Gasteiger charge is 2.19. The van der Waals surface area contributed by atoms with Gasteiger partial charge < -0.3 is 9.64 Å². The summed E-state index contributed by atoms with van der Waals surface area (Å²) in [5.41, 5.74) is 1.07. The Kier molecular flexibility index (Phi) is 8.31. The summed E-state index contributed by atoms with van der Waals surface area (Å²) in [6.45, 7) is 0.494. The fourth-order valence-corrected chi connectivity index (χ4v) is 4.12. The van der Waals surface area contributed by atoms with Crippen molar-refractivity contribution in [3.63, 3.8) is 0 Å². The van der Waals surface area contributed by atoms with Crippen LogP contribution in [0.25, 0.3) is 0 Å². The van der Waals surface area contributed by atoms with Gasteiger partial charge in [0.1, 0.15) is 6.61 Å². The molecule has 0 saturated carbocycles. The highest BCUT2D eigenvalue weighted by molar-refractivity contribution is 9.10. The second kappa shape index (κ2) is 11.0. The maximum atomic E-state index is 13.1. The van der Waals surface area contributed by atoms with E-state index in [0.717, 1.165) is 5.56 Å². The largest absolute Gasteiger partial charge is 0.489 e. The van der Waals surface area contributed by atoms with Crippen molar-refractivity contribution in [2.75, 3.05) is 13.2 Å². The Morgan fingerprint density at radius 3 is 2.34 bits per heavy atom. The van der Waals surface area contributed by atoms with E-state index in [9.17, 15) is 14.9 Å². The molecule has 7 nitrogen and oxygen atoms in total. The van der Waals surface area contributed by atoms with E-state index in [1.807, 2.05) is 0 Å². The maximum absolute atomic E-state index is 13.1. The van der Waals surface area contributed by atoms with E-state index in [2.05, 4.69) is 20.9 Å². The molecule has 0 aliphatic rings. The van der Waals surface area contributed by atoms with Gasteiger partial charge in [0.2, 0.25) is 0 Å². The molecular weight excluding hydrogens is 545 g/mol. The van der Waals surface area contributed by atoms with E-state index in [0.29, 0.717) is 15.1 Å². The van der Waals surface area contributed by atoms with Crippen LogP contribution in [0.4, 0.5) is 5.69 Å². The minimum Gasteiger partial charge on any atom is -0.489 e. The van der Waals surface area contributed by atoms with E-state index in [4.69, 9.17) is 39.5 Å². The fraction of sp³-hybridized carbons (Fsp3) is 0.143. The average Bonchev–Trinajstić information content (AvgIpc) is 2.74. The monoisotopic (exact) mass is 557 g/mol. The number of nitro benzene ring substituents is 1. The highest BCUT2D eigenvalue weighted by Crippen LogP contribution is 2.35. The predicted octanol–water partition coefficient (Wildman–Crippen LogP) is 6.43. The molecule has 3 aromatic rings. The molecule has 1 heterocycles. The van der Waals surface area contributed by atoms with Crippen LogP contribution in [-0.4, -0.2) is 33.9 Å². The van der Waals surface area contributed by atoms with Crippen molar-refractivity contribution in [3.05, 3.63) is 95.6 Å². The maximum Gasteiger partial charge on any atom is 0.269 e. The molecule has 0 saturated heterocycles. The Balaban J connectivity index is 1.78. The molecule has 0 atom stereocenters. The molecule has 1 aromatic heterocycles. The van der Waals surface area contributed by atoms with E-state index < -0.39 is 4.92 Å². The van der Waals surface area contributed by atoms with Crippen LogP contribution in [0.2, 0.25) is 15.1 Å². The number of carbonyl (C=O) groups excluding carboxylic acids is 1. The van der Waals surface area contributed by atoms with Gasteiger partial charge in [-0.25, -0.2) is 0 Å². The van der Waals surface area contributed by atoms with Crippen molar-refractivity contribution in [1.29, 1.82) is 0 Å². The molecule has 0 bridgehead atoms. The number of aromatic nitrogens is 1. The number of hydrogen-bond acceptors (Lipinski definition) is 5. The second-order valence-corrected chi connectivity index (χ2v) is 8.76. The third-order valence-electron chi connectivity index (χ3n) is 4.33. The molecule has 0 N–H and O–H groups in total. The number of pyridine rings is 1. The first kappa shape index (κ1) is 24.3. The van der Waals surface area contributed by atoms with Gasteiger partial charge in [-0.05, 0) is 39.7 Å². The van der Waals surface area contributed by atoms with Gasteiger partial charge in [0.05, 0.1) is 27.1 Å². The first-order valence-electron chi connectivity index (χ1n) is 9.15. The quantitative estimate of drug-likeness (QED) is 0.234. The molecule has 11 heteroatoms. The third kappa shape index (κ3) is 6.32. The number of hydrogen-bond donors (Lipinski definition) is 0. The zero-order valence-electron chi connectivity index (χ0n) is 16.3. The third-order valence-corrected chi connectivity index (χ3v) is 5.54. The van der Waals surface area contributed by atoms with Gasteiger partial charge in [-0.1, -0.05) is 46.9 Å². The van der Waals surface area contributed by atoms with Gasteiger partial charge in [-0.15, -0.1) is 0 Å². The molecule has 1 amide bonds. The van der Waals surface area contributed by atoms with Crippen LogP contribution in [0.5, 0.6) is 5.75 Å². The van der Waals surface area contributed by atoms with Gasteiger partial charge in [0.15, 0.2) is 5.75 Å². The number of halogens is 4. The summed E-state index contributed by atoms with van der Waals surface area (Å²) in [4.78, 5) is 29.1. The van der Waals surface area contributed by atoms with Gasteiger partial charge in [-0.2, -0.15) is 0 Å². The van der Waals surface area contributed by atoms with E-state index in [1.54, 1.807) is 29.3 Å². The summed E-state index contributed by atoms with van der Waals surface area (Å²) in [6.07, 6.45) is 3.04. The molecule has 0 unspecified atom stereocenters. The lowest BCUT2D eigenvalue weighted by Crippen LogP contribution is -2.34. The van der Waals surface area contributed by atoms with Crippen molar-refractivity contribution in [3.8, 4) is 5.75 Å². The predicted molar refractivity (Wildman–Crippen MR) is 127 cm³/mol. The van der Waals surface area contributed by atoms with Crippen molar-refractivity contribution in [1.82, 2.24) is 9.88 Å². The first-order valence-corrected chi connectivity index (χ1v) is 11.1. The molecule has 166 valence electrons. The number of benzene rings is 2. The number of ether oxygens (including phenoxy) is 1. The lowest BCUT2D eigenvalue weighted by atomic mass is 10.1. The molecular formula is C21H15BrCl3N3O4. The summed E-state index contributed by atoms with van der Waals surface area (Å²) in [7, 11) is 0. The zero-order valence-corrected chi connectivity index (χ0v) is 20.2. The molecule has 3 rings (SSSR count). The fourth-order valence-electron chi connectivity index (χ4n) is 2.83. The number of carbonyl (C=O) groups is 1. The number of nitrogens with zero attached hydrogens (tertiary/aromatic N) is 3. The molecule has 0 aliphatic heterocycles.